The van der Waals surface area contributed by atoms with Gasteiger partial charge in [-0.2, -0.15) is 0 Å². The summed E-state index contributed by atoms with van der Waals surface area (Å²) in [4.78, 5) is 21.2. The van der Waals surface area contributed by atoms with E-state index >= 15 is 0 Å². The van der Waals surface area contributed by atoms with Crippen LogP contribution in [0.1, 0.15) is 36.0 Å². The second-order valence-electron chi connectivity index (χ2n) is 7.54. The second kappa shape index (κ2) is 8.84. The van der Waals surface area contributed by atoms with Crippen LogP contribution in [0.15, 0.2) is 34.9 Å². The highest BCUT2D eigenvalue weighted by Crippen LogP contribution is 2.27. The van der Waals surface area contributed by atoms with Crippen molar-refractivity contribution in [2.75, 3.05) is 45.9 Å². The van der Waals surface area contributed by atoms with Gasteiger partial charge >= 0.3 is 0 Å². The molecule has 0 N–H and O–H groups in total. The van der Waals surface area contributed by atoms with E-state index in [9.17, 15) is 9.18 Å². The van der Waals surface area contributed by atoms with E-state index in [1.165, 1.54) is 12.1 Å². The fourth-order valence-electron chi connectivity index (χ4n) is 3.85. The minimum atomic E-state index is -0.244. The number of ether oxygens (including phenoxy) is 1. The Balaban J connectivity index is 1.34. The molecule has 6 nitrogen and oxygen atoms in total. The first-order valence-electron chi connectivity index (χ1n) is 9.94. The average Bonchev–Trinajstić information content (AvgIpc) is 3.19. The van der Waals surface area contributed by atoms with Gasteiger partial charge in [-0.1, -0.05) is 12.1 Å². The highest BCUT2D eigenvalue weighted by Gasteiger charge is 2.28. The molecule has 2 aliphatic rings. The molecule has 28 heavy (non-hydrogen) atoms. The molecule has 0 aliphatic carbocycles. The van der Waals surface area contributed by atoms with Crippen LogP contribution < -0.4 is 0 Å². The van der Waals surface area contributed by atoms with Crippen LogP contribution >= 0.6 is 0 Å². The molecule has 0 spiro atoms. The predicted molar refractivity (Wildman–Crippen MR) is 102 cm³/mol. The molecule has 2 fully saturated rings. The lowest BCUT2D eigenvalue weighted by Crippen LogP contribution is -2.47. The lowest BCUT2D eigenvalue weighted by Gasteiger charge is -2.34. The number of carbonyl (C=O) groups excluding carboxylic acids is 1. The molecule has 150 valence electrons. The number of carbonyl (C=O) groups is 1. The first-order chi connectivity index (χ1) is 13.7. The molecule has 2 aliphatic heterocycles. The third-order valence-corrected chi connectivity index (χ3v) is 5.45. The summed E-state index contributed by atoms with van der Waals surface area (Å²) in [5.74, 6) is 1.51. The lowest BCUT2D eigenvalue weighted by atomic mass is 9.98. The number of hydrogen-bond acceptors (Lipinski definition) is 5. The SMILES string of the molecule is O=C(CN1CCOCC1)N1CCCC(c2ncc(Cc3ccc(F)cc3)o2)C1. The molecular weight excluding hydrogens is 361 g/mol. The van der Waals surface area contributed by atoms with Gasteiger partial charge in [-0.15, -0.1) is 0 Å². The van der Waals surface area contributed by atoms with Crippen molar-refractivity contribution in [2.24, 2.45) is 0 Å². The summed E-state index contributed by atoms with van der Waals surface area (Å²) in [6.07, 6.45) is 4.25. The number of likely N-dealkylation sites (tertiary alicyclic amines) is 1. The van der Waals surface area contributed by atoms with Gasteiger partial charge in [0.25, 0.3) is 0 Å². The maximum Gasteiger partial charge on any atom is 0.236 e. The molecule has 1 aromatic carbocycles. The van der Waals surface area contributed by atoms with Crippen molar-refractivity contribution in [1.29, 1.82) is 0 Å². The number of halogens is 1. The zero-order valence-electron chi connectivity index (χ0n) is 16.0. The highest BCUT2D eigenvalue weighted by molar-refractivity contribution is 5.78. The number of hydrogen-bond donors (Lipinski definition) is 0. The molecule has 1 atom stereocenters. The maximum atomic E-state index is 13.0. The molecule has 0 saturated carbocycles. The number of aromatic nitrogens is 1. The van der Waals surface area contributed by atoms with E-state index in [-0.39, 0.29) is 17.6 Å². The zero-order valence-corrected chi connectivity index (χ0v) is 16.0. The van der Waals surface area contributed by atoms with Crippen molar-refractivity contribution in [3.63, 3.8) is 0 Å². The molecular formula is C21H26FN3O3. The summed E-state index contributed by atoms with van der Waals surface area (Å²) in [5, 5.41) is 0. The average molecular weight is 387 g/mol. The van der Waals surface area contributed by atoms with Crippen LogP contribution in [0.3, 0.4) is 0 Å². The number of morpholine rings is 1. The second-order valence-corrected chi connectivity index (χ2v) is 7.54. The normalized spacial score (nSPS) is 21.0. The number of amides is 1. The largest absolute Gasteiger partial charge is 0.445 e. The summed E-state index contributed by atoms with van der Waals surface area (Å²) in [7, 11) is 0. The molecule has 1 unspecified atom stereocenters. The number of oxazole rings is 1. The van der Waals surface area contributed by atoms with Gasteiger partial charge in [-0.05, 0) is 30.5 Å². The first kappa shape index (κ1) is 19.1. The third-order valence-electron chi connectivity index (χ3n) is 5.45. The fourth-order valence-corrected chi connectivity index (χ4v) is 3.85. The van der Waals surface area contributed by atoms with Crippen LogP contribution in [0.25, 0.3) is 0 Å². The van der Waals surface area contributed by atoms with E-state index < -0.39 is 0 Å². The van der Waals surface area contributed by atoms with E-state index in [1.807, 2.05) is 4.90 Å². The van der Waals surface area contributed by atoms with Gasteiger partial charge in [0.15, 0.2) is 5.89 Å². The van der Waals surface area contributed by atoms with Gasteiger partial charge in [-0.3, -0.25) is 9.69 Å². The molecule has 1 amide bonds. The molecule has 7 heteroatoms. The van der Waals surface area contributed by atoms with E-state index in [4.69, 9.17) is 9.15 Å². The van der Waals surface area contributed by atoms with E-state index in [1.54, 1.807) is 18.3 Å². The molecule has 2 saturated heterocycles. The zero-order chi connectivity index (χ0) is 19.3. The summed E-state index contributed by atoms with van der Waals surface area (Å²) in [6, 6.07) is 6.41. The Hall–Kier alpha value is -2.25. The molecule has 2 aromatic rings. The predicted octanol–water partition coefficient (Wildman–Crippen LogP) is 2.44. The van der Waals surface area contributed by atoms with Crippen molar-refractivity contribution in [3.05, 3.63) is 53.5 Å². The number of piperidine rings is 1. The molecule has 1 aromatic heterocycles. The van der Waals surface area contributed by atoms with Crippen molar-refractivity contribution in [2.45, 2.75) is 25.2 Å². The van der Waals surface area contributed by atoms with Gasteiger partial charge in [0.2, 0.25) is 5.91 Å². The van der Waals surface area contributed by atoms with Gasteiger partial charge < -0.3 is 14.1 Å². The molecule has 4 rings (SSSR count). The van der Waals surface area contributed by atoms with Crippen molar-refractivity contribution < 1.29 is 18.3 Å². The van der Waals surface area contributed by atoms with Crippen molar-refractivity contribution in [3.8, 4) is 0 Å². The summed E-state index contributed by atoms with van der Waals surface area (Å²) in [6.45, 7) is 4.93. The van der Waals surface area contributed by atoms with Gasteiger partial charge in [-0.25, -0.2) is 9.37 Å². The Morgan fingerprint density at radius 2 is 1.96 bits per heavy atom. The summed E-state index contributed by atoms with van der Waals surface area (Å²) < 4.78 is 24.4. The summed E-state index contributed by atoms with van der Waals surface area (Å²) >= 11 is 0. The summed E-state index contributed by atoms with van der Waals surface area (Å²) in [5.41, 5.74) is 0.982. The van der Waals surface area contributed by atoms with Crippen LogP contribution in [-0.2, 0) is 16.0 Å². The maximum absolute atomic E-state index is 13.0. The van der Waals surface area contributed by atoms with Crippen molar-refractivity contribution in [1.82, 2.24) is 14.8 Å². The standard InChI is InChI=1S/C21H26FN3O3/c22-18-5-3-16(4-6-18)12-19-13-23-21(28-19)17-2-1-7-25(14-17)20(26)15-24-8-10-27-11-9-24/h3-6,13,17H,1-2,7-12,14-15H2. The minimum absolute atomic E-state index is 0.129. The Morgan fingerprint density at radius 3 is 2.75 bits per heavy atom. The Morgan fingerprint density at radius 1 is 1.18 bits per heavy atom. The van der Waals surface area contributed by atoms with Crippen LogP contribution in [0.2, 0.25) is 0 Å². The third kappa shape index (κ3) is 4.77. The van der Waals surface area contributed by atoms with Gasteiger partial charge in [0.05, 0.1) is 31.9 Å². The van der Waals surface area contributed by atoms with Crippen LogP contribution in [0.4, 0.5) is 4.39 Å². The smallest absolute Gasteiger partial charge is 0.236 e. The van der Waals surface area contributed by atoms with E-state index in [0.717, 1.165) is 43.8 Å². The van der Waals surface area contributed by atoms with Gasteiger partial charge in [0, 0.05) is 32.6 Å². The number of benzene rings is 1. The Bertz CT molecular complexity index is 786. The molecule has 0 radical (unpaired) electrons. The fraction of sp³-hybridized carbons (Fsp3) is 0.524. The molecule has 0 bridgehead atoms. The van der Waals surface area contributed by atoms with Crippen LogP contribution in [0.5, 0.6) is 0 Å². The highest BCUT2D eigenvalue weighted by atomic mass is 19.1. The van der Waals surface area contributed by atoms with Gasteiger partial charge in [0.1, 0.15) is 11.6 Å². The first-order valence-corrected chi connectivity index (χ1v) is 9.94. The van der Waals surface area contributed by atoms with Crippen molar-refractivity contribution >= 4 is 5.91 Å². The van der Waals surface area contributed by atoms with E-state index in [2.05, 4.69) is 9.88 Å². The monoisotopic (exact) mass is 387 g/mol. The quantitative estimate of drug-likeness (QED) is 0.789. The Kier molecular flexibility index (Phi) is 6.02. The topological polar surface area (TPSA) is 58.8 Å². The van der Waals surface area contributed by atoms with E-state index in [0.29, 0.717) is 38.6 Å². The van der Waals surface area contributed by atoms with Crippen LogP contribution in [0, 0.1) is 5.82 Å². The number of rotatable bonds is 5. The molecule has 3 heterocycles. The number of nitrogens with zero attached hydrogens (tertiary/aromatic N) is 3. The Labute approximate surface area is 164 Å². The minimum Gasteiger partial charge on any atom is -0.445 e. The van der Waals surface area contributed by atoms with Crippen LogP contribution in [-0.4, -0.2) is 66.6 Å². The lowest BCUT2D eigenvalue weighted by molar-refractivity contribution is -0.134.